The van der Waals surface area contributed by atoms with Gasteiger partial charge in [-0.25, -0.2) is 0 Å². The first kappa shape index (κ1) is 69.1. The summed E-state index contributed by atoms with van der Waals surface area (Å²) in [4.78, 5) is 38.2. The van der Waals surface area contributed by atoms with Crippen LogP contribution < -0.4 is 0 Å². The fourth-order valence-electron chi connectivity index (χ4n) is 8.22. The molecule has 0 aromatic rings. The van der Waals surface area contributed by atoms with Gasteiger partial charge in [-0.15, -0.1) is 0 Å². The largest absolute Gasteiger partial charge is 0.462 e. The van der Waals surface area contributed by atoms with Crippen LogP contribution in [0.1, 0.15) is 278 Å². The van der Waals surface area contributed by atoms with Crippen molar-refractivity contribution in [3.8, 4) is 0 Å². The number of allylic oxidation sites excluding steroid dienone is 17. The third kappa shape index (κ3) is 58.8. The van der Waals surface area contributed by atoms with Crippen LogP contribution in [0.5, 0.6) is 0 Å². The van der Waals surface area contributed by atoms with Gasteiger partial charge in [-0.3, -0.25) is 14.4 Å². The first-order chi connectivity index (χ1) is 36.0. The molecule has 0 saturated carbocycles. The molecule has 0 amide bonds. The molecule has 1 unspecified atom stereocenters. The van der Waals surface area contributed by atoms with Crippen molar-refractivity contribution in [1.82, 2.24) is 0 Å². The molecule has 1 atom stereocenters. The molecule has 6 heteroatoms. The van der Waals surface area contributed by atoms with Crippen molar-refractivity contribution in [3.05, 3.63) is 109 Å². The number of hydrogen-bond donors (Lipinski definition) is 0. The molecule has 0 aliphatic carbocycles. The van der Waals surface area contributed by atoms with Gasteiger partial charge in [0, 0.05) is 12.8 Å². The summed E-state index contributed by atoms with van der Waals surface area (Å²) in [5, 5.41) is 0. The first-order valence-electron chi connectivity index (χ1n) is 30.4. The molecule has 0 aromatic carbocycles. The number of unbranched alkanes of at least 4 members (excludes halogenated alkanes) is 26. The van der Waals surface area contributed by atoms with Crippen molar-refractivity contribution < 1.29 is 28.6 Å². The number of ether oxygens (including phenoxy) is 3. The lowest BCUT2D eigenvalue weighted by Crippen LogP contribution is -2.30. The third-order valence-corrected chi connectivity index (χ3v) is 12.8. The van der Waals surface area contributed by atoms with Gasteiger partial charge >= 0.3 is 17.9 Å². The van der Waals surface area contributed by atoms with Gasteiger partial charge in [-0.05, 0) is 109 Å². The second-order valence-electron chi connectivity index (χ2n) is 19.9. The minimum absolute atomic E-state index is 0.115. The average Bonchev–Trinajstić information content (AvgIpc) is 3.39. The van der Waals surface area contributed by atoms with Gasteiger partial charge in [-0.2, -0.15) is 0 Å². The van der Waals surface area contributed by atoms with Crippen molar-refractivity contribution in [3.63, 3.8) is 0 Å². The normalized spacial score (nSPS) is 12.9. The maximum atomic E-state index is 12.9. The zero-order chi connectivity index (χ0) is 52.9. The van der Waals surface area contributed by atoms with Crippen LogP contribution in [-0.2, 0) is 28.6 Å². The Kier molecular flexibility index (Phi) is 57.4. The molecule has 0 radical (unpaired) electrons. The molecule has 416 valence electrons. The molecule has 6 nitrogen and oxygen atoms in total. The predicted octanol–water partition coefficient (Wildman–Crippen LogP) is 20.7. The first-order valence-corrected chi connectivity index (χ1v) is 30.4. The van der Waals surface area contributed by atoms with Crippen LogP contribution in [-0.4, -0.2) is 37.2 Å². The maximum absolute atomic E-state index is 12.9. The maximum Gasteiger partial charge on any atom is 0.309 e. The van der Waals surface area contributed by atoms with E-state index in [1.165, 1.54) is 141 Å². The van der Waals surface area contributed by atoms with Gasteiger partial charge in [0.1, 0.15) is 13.2 Å². The van der Waals surface area contributed by atoms with Gasteiger partial charge < -0.3 is 14.2 Å². The Hall–Kier alpha value is -3.93. The molecule has 0 aliphatic rings. The van der Waals surface area contributed by atoms with E-state index in [4.69, 9.17) is 14.2 Å². The molecular weight excluding hydrogens is 901 g/mol. The van der Waals surface area contributed by atoms with Crippen molar-refractivity contribution in [2.75, 3.05) is 13.2 Å². The van der Waals surface area contributed by atoms with Crippen LogP contribution in [0.4, 0.5) is 0 Å². The Labute approximate surface area is 450 Å². The van der Waals surface area contributed by atoms with Crippen molar-refractivity contribution >= 4 is 17.9 Å². The highest BCUT2D eigenvalue weighted by atomic mass is 16.6. The molecule has 0 fully saturated rings. The number of esters is 3. The molecule has 0 aromatic heterocycles. The summed E-state index contributed by atoms with van der Waals surface area (Å²) in [5.74, 6) is -1.06. The summed E-state index contributed by atoms with van der Waals surface area (Å²) in [7, 11) is 0. The number of hydrogen-bond acceptors (Lipinski definition) is 6. The van der Waals surface area contributed by atoms with Crippen LogP contribution in [0.3, 0.4) is 0 Å². The van der Waals surface area contributed by atoms with Gasteiger partial charge in [0.15, 0.2) is 6.10 Å². The Morgan fingerprint density at radius 1 is 0.301 bits per heavy atom. The summed E-state index contributed by atoms with van der Waals surface area (Å²) in [6.07, 6.45) is 82.5. The molecule has 0 heterocycles. The Morgan fingerprint density at radius 3 is 1.00 bits per heavy atom. The van der Waals surface area contributed by atoms with E-state index in [0.29, 0.717) is 12.8 Å². The van der Waals surface area contributed by atoms with Crippen LogP contribution in [0.15, 0.2) is 109 Å². The molecule has 0 bridgehead atoms. The van der Waals surface area contributed by atoms with Crippen LogP contribution in [0.25, 0.3) is 0 Å². The summed E-state index contributed by atoms with van der Waals surface area (Å²) in [5.41, 5.74) is 0. The Balaban J connectivity index is 4.48. The monoisotopic (exact) mass is 1010 g/mol. The predicted molar refractivity (Wildman–Crippen MR) is 316 cm³/mol. The third-order valence-electron chi connectivity index (χ3n) is 12.8. The smallest absolute Gasteiger partial charge is 0.309 e. The highest BCUT2D eigenvalue weighted by Gasteiger charge is 2.19. The molecule has 0 N–H and O–H groups in total. The molecule has 73 heavy (non-hydrogen) atoms. The van der Waals surface area contributed by atoms with Gasteiger partial charge in [0.25, 0.3) is 0 Å². The van der Waals surface area contributed by atoms with Crippen molar-refractivity contribution in [2.45, 2.75) is 284 Å². The van der Waals surface area contributed by atoms with Gasteiger partial charge in [-0.1, -0.05) is 259 Å². The zero-order valence-corrected chi connectivity index (χ0v) is 47.6. The quantitative estimate of drug-likeness (QED) is 0.0261. The number of rotatable bonds is 54. The lowest BCUT2D eigenvalue weighted by atomic mass is 10.1. The summed E-state index contributed by atoms with van der Waals surface area (Å²) in [6, 6.07) is 0. The van der Waals surface area contributed by atoms with E-state index in [2.05, 4.69) is 118 Å². The standard InChI is InChI=1S/C67H112O6/c1-4-7-10-13-16-19-22-25-28-30-32-33-35-36-39-42-45-48-51-54-57-60-66(69)72-63-64(62-71-65(68)59-56-53-50-47-44-41-38-27-24-21-18-15-12-9-6-3)73-67(70)61-58-55-52-49-46-43-40-37-34-31-29-26-23-20-17-14-11-8-5-2/h9,12,17-18,20-21,26-27,29-30,32,34,37-38,44,47,53,56,64H,4-8,10-11,13-16,19,22-25,28,31,33,35-36,39-43,45-46,48-52,54-55,57-63H2,1-3H3/b12-9-,20-17-,21-18-,29-26-,32-30-,37-34-,38-27-,47-44-,56-53-. The zero-order valence-electron chi connectivity index (χ0n) is 47.6. The lowest BCUT2D eigenvalue weighted by Gasteiger charge is -2.18. The van der Waals surface area contributed by atoms with Gasteiger partial charge in [0.2, 0.25) is 0 Å². The van der Waals surface area contributed by atoms with Crippen molar-refractivity contribution in [1.29, 1.82) is 0 Å². The van der Waals surface area contributed by atoms with Crippen LogP contribution in [0, 0.1) is 0 Å². The summed E-state index contributed by atoms with van der Waals surface area (Å²) >= 11 is 0. The Bertz CT molecular complexity index is 1490. The molecule has 0 aliphatic heterocycles. The fourth-order valence-corrected chi connectivity index (χ4v) is 8.22. The summed E-state index contributed by atoms with van der Waals surface area (Å²) in [6.45, 7) is 6.41. The molecule has 0 saturated heterocycles. The number of carbonyl (C=O) groups excluding carboxylic acids is 3. The van der Waals surface area contributed by atoms with E-state index < -0.39 is 12.1 Å². The highest BCUT2D eigenvalue weighted by molar-refractivity contribution is 5.72. The second kappa shape index (κ2) is 60.6. The second-order valence-corrected chi connectivity index (χ2v) is 19.9. The molecular formula is C67H112O6. The Morgan fingerprint density at radius 2 is 0.589 bits per heavy atom. The van der Waals surface area contributed by atoms with Crippen LogP contribution in [0.2, 0.25) is 0 Å². The molecule has 0 rings (SSSR count). The number of carbonyl (C=O) groups is 3. The van der Waals surface area contributed by atoms with E-state index in [9.17, 15) is 14.4 Å². The fraction of sp³-hybridized carbons (Fsp3) is 0.687. The minimum atomic E-state index is -0.829. The van der Waals surface area contributed by atoms with Gasteiger partial charge in [0.05, 0.1) is 6.42 Å². The van der Waals surface area contributed by atoms with E-state index in [1.807, 2.05) is 6.08 Å². The van der Waals surface area contributed by atoms with E-state index >= 15 is 0 Å². The average molecular weight is 1010 g/mol. The lowest BCUT2D eigenvalue weighted by molar-refractivity contribution is -0.166. The molecule has 0 spiro atoms. The van der Waals surface area contributed by atoms with E-state index in [0.717, 1.165) is 96.3 Å². The topological polar surface area (TPSA) is 78.9 Å². The summed E-state index contributed by atoms with van der Waals surface area (Å²) < 4.78 is 16.8. The van der Waals surface area contributed by atoms with Crippen LogP contribution >= 0.6 is 0 Å². The SMILES string of the molecule is CC/C=C\C/C=C\C/C=C\C/C=C\C/C=C\CC(=O)OCC(COC(=O)CCCCCCCCCCC/C=C\CCCCCCCCCC)OC(=O)CCCCCCCC/C=C\C/C=C\C/C=C\CCCCC. The van der Waals surface area contributed by atoms with E-state index in [1.54, 1.807) is 6.08 Å². The van der Waals surface area contributed by atoms with E-state index in [-0.39, 0.29) is 31.6 Å². The highest BCUT2D eigenvalue weighted by Crippen LogP contribution is 2.15. The minimum Gasteiger partial charge on any atom is -0.462 e. The van der Waals surface area contributed by atoms with Crippen molar-refractivity contribution in [2.24, 2.45) is 0 Å².